The highest BCUT2D eigenvalue weighted by Crippen LogP contribution is 2.19. The fraction of sp³-hybridized carbons (Fsp3) is 0.125. The summed E-state index contributed by atoms with van der Waals surface area (Å²) < 4.78 is 7.37. The quantitative estimate of drug-likeness (QED) is 0.470. The third-order valence-electron chi connectivity index (χ3n) is 4.90. The van der Waals surface area contributed by atoms with E-state index in [9.17, 15) is 9.59 Å². The van der Waals surface area contributed by atoms with Gasteiger partial charge in [0.15, 0.2) is 0 Å². The summed E-state index contributed by atoms with van der Waals surface area (Å²) in [5.41, 5.74) is 3.76. The molecular formula is C24H21N3O3. The molecule has 0 fully saturated rings. The molecule has 30 heavy (non-hydrogen) atoms. The number of aryl methyl sites for hydroxylation is 1. The molecular weight excluding hydrogens is 378 g/mol. The van der Waals surface area contributed by atoms with Crippen molar-refractivity contribution < 1.29 is 14.3 Å². The number of aromatic nitrogens is 2. The maximum atomic E-state index is 13.0. The Morgan fingerprint density at radius 3 is 2.40 bits per heavy atom. The number of nitrogens with zero attached hydrogens (tertiary/aromatic N) is 3. The molecule has 0 spiro atoms. The first kappa shape index (κ1) is 19.4. The molecule has 2 aromatic heterocycles. The number of carbonyl (C=O) groups is 2. The fourth-order valence-electron chi connectivity index (χ4n) is 3.29. The summed E-state index contributed by atoms with van der Waals surface area (Å²) >= 11 is 0. The standard InChI is InChI=1S/C24H21N3O3/c1-17-9-8-14-27-15-18(25-22(17)27)16-30-24(29)21-13-7-6-12-20(21)23(28)26(2)19-10-4-3-5-11-19/h3-15H,16H2,1-2H3. The zero-order chi connectivity index (χ0) is 21.1. The highest BCUT2D eigenvalue weighted by molar-refractivity contribution is 6.11. The van der Waals surface area contributed by atoms with Crippen LogP contribution in [-0.2, 0) is 11.3 Å². The van der Waals surface area contributed by atoms with Crippen molar-refractivity contribution in [3.05, 3.63) is 102 Å². The number of hydrogen-bond donors (Lipinski definition) is 0. The van der Waals surface area contributed by atoms with Crippen LogP contribution in [0.25, 0.3) is 5.65 Å². The fourth-order valence-corrected chi connectivity index (χ4v) is 3.29. The maximum Gasteiger partial charge on any atom is 0.339 e. The minimum atomic E-state index is -0.561. The second kappa shape index (κ2) is 8.21. The highest BCUT2D eigenvalue weighted by atomic mass is 16.5. The molecule has 0 aliphatic rings. The lowest BCUT2D eigenvalue weighted by Gasteiger charge is -2.18. The summed E-state index contributed by atoms with van der Waals surface area (Å²) in [6.45, 7) is 2.00. The molecule has 0 atom stereocenters. The zero-order valence-electron chi connectivity index (χ0n) is 16.8. The molecule has 4 aromatic rings. The Morgan fingerprint density at radius 1 is 0.967 bits per heavy atom. The van der Waals surface area contributed by atoms with E-state index in [0.717, 1.165) is 16.9 Å². The van der Waals surface area contributed by atoms with Crippen molar-refractivity contribution in [3.63, 3.8) is 0 Å². The van der Waals surface area contributed by atoms with E-state index in [2.05, 4.69) is 4.98 Å². The van der Waals surface area contributed by atoms with Crippen molar-refractivity contribution in [1.29, 1.82) is 0 Å². The summed E-state index contributed by atoms with van der Waals surface area (Å²) in [5, 5.41) is 0. The molecule has 6 nitrogen and oxygen atoms in total. The smallest absolute Gasteiger partial charge is 0.339 e. The Hall–Kier alpha value is -3.93. The van der Waals surface area contributed by atoms with Crippen LogP contribution in [0.15, 0.2) is 79.1 Å². The van der Waals surface area contributed by atoms with Gasteiger partial charge in [0.05, 0.1) is 16.8 Å². The summed E-state index contributed by atoms with van der Waals surface area (Å²) in [4.78, 5) is 31.8. The molecule has 0 saturated carbocycles. The Labute approximate surface area is 174 Å². The molecule has 150 valence electrons. The van der Waals surface area contributed by atoms with Gasteiger partial charge in [-0.25, -0.2) is 9.78 Å². The number of rotatable bonds is 5. The number of amides is 1. The topological polar surface area (TPSA) is 63.9 Å². The van der Waals surface area contributed by atoms with E-state index in [4.69, 9.17) is 4.74 Å². The largest absolute Gasteiger partial charge is 0.455 e. The summed E-state index contributed by atoms with van der Waals surface area (Å²) in [6.07, 6.45) is 3.73. The number of anilines is 1. The number of hydrogen-bond acceptors (Lipinski definition) is 4. The van der Waals surface area contributed by atoms with Gasteiger partial charge in [0.25, 0.3) is 5.91 Å². The molecule has 0 saturated heterocycles. The lowest BCUT2D eigenvalue weighted by molar-refractivity contribution is 0.0465. The first-order valence-electron chi connectivity index (χ1n) is 9.57. The SMILES string of the molecule is Cc1cccn2cc(COC(=O)c3ccccc3C(=O)N(C)c3ccccc3)nc12. The van der Waals surface area contributed by atoms with E-state index in [1.807, 2.05) is 66.2 Å². The highest BCUT2D eigenvalue weighted by Gasteiger charge is 2.21. The lowest BCUT2D eigenvalue weighted by atomic mass is 10.1. The van der Waals surface area contributed by atoms with Gasteiger partial charge in [-0.05, 0) is 42.8 Å². The molecule has 6 heteroatoms. The lowest BCUT2D eigenvalue weighted by Crippen LogP contribution is -2.28. The van der Waals surface area contributed by atoms with Crippen molar-refractivity contribution in [2.24, 2.45) is 0 Å². The average molecular weight is 399 g/mol. The van der Waals surface area contributed by atoms with Crippen molar-refractivity contribution in [2.45, 2.75) is 13.5 Å². The Kier molecular flexibility index (Phi) is 5.30. The van der Waals surface area contributed by atoms with E-state index in [1.165, 1.54) is 4.90 Å². The minimum Gasteiger partial charge on any atom is -0.455 e. The van der Waals surface area contributed by atoms with Gasteiger partial charge in [-0.1, -0.05) is 36.4 Å². The third kappa shape index (κ3) is 3.80. The van der Waals surface area contributed by atoms with Crippen molar-refractivity contribution in [3.8, 4) is 0 Å². The number of fused-ring (bicyclic) bond motifs is 1. The maximum absolute atomic E-state index is 13.0. The number of imidazole rings is 1. The number of carbonyl (C=O) groups excluding carboxylic acids is 2. The summed E-state index contributed by atoms with van der Waals surface area (Å²) in [7, 11) is 1.68. The Balaban J connectivity index is 1.53. The third-order valence-corrected chi connectivity index (χ3v) is 4.90. The van der Waals surface area contributed by atoms with Gasteiger partial charge in [-0.3, -0.25) is 4.79 Å². The number of benzene rings is 2. The van der Waals surface area contributed by atoms with Gasteiger partial charge >= 0.3 is 5.97 Å². The first-order valence-corrected chi connectivity index (χ1v) is 9.57. The summed E-state index contributed by atoms with van der Waals surface area (Å²) in [5.74, 6) is -0.841. The van der Waals surface area contributed by atoms with Crippen molar-refractivity contribution in [1.82, 2.24) is 9.38 Å². The van der Waals surface area contributed by atoms with Crippen LogP contribution in [0.3, 0.4) is 0 Å². The number of pyridine rings is 1. The number of ether oxygens (including phenoxy) is 1. The molecule has 1 amide bonds. The van der Waals surface area contributed by atoms with E-state index in [-0.39, 0.29) is 18.1 Å². The van der Waals surface area contributed by atoms with Crippen LogP contribution in [-0.4, -0.2) is 28.3 Å². The molecule has 0 aliphatic heterocycles. The van der Waals surface area contributed by atoms with Gasteiger partial charge in [-0.2, -0.15) is 0 Å². The van der Waals surface area contributed by atoms with Crippen LogP contribution in [0, 0.1) is 6.92 Å². The molecule has 0 unspecified atom stereocenters. The minimum absolute atomic E-state index is 0.0248. The molecule has 0 aliphatic carbocycles. The van der Waals surface area contributed by atoms with E-state index in [1.54, 1.807) is 31.3 Å². The second-order valence-electron chi connectivity index (χ2n) is 6.98. The van der Waals surface area contributed by atoms with Gasteiger partial charge in [0.2, 0.25) is 0 Å². The average Bonchev–Trinajstić information content (AvgIpc) is 3.21. The van der Waals surface area contributed by atoms with Gasteiger partial charge < -0.3 is 14.0 Å². The monoisotopic (exact) mass is 399 g/mol. The molecule has 0 bridgehead atoms. The predicted octanol–water partition coefficient (Wildman–Crippen LogP) is 4.28. The van der Waals surface area contributed by atoms with E-state index >= 15 is 0 Å². The van der Waals surface area contributed by atoms with Gasteiger partial charge in [-0.15, -0.1) is 0 Å². The zero-order valence-corrected chi connectivity index (χ0v) is 16.8. The van der Waals surface area contributed by atoms with E-state index in [0.29, 0.717) is 11.3 Å². The molecule has 2 heterocycles. The second-order valence-corrected chi connectivity index (χ2v) is 6.98. The molecule has 2 aromatic carbocycles. The van der Waals surface area contributed by atoms with Crippen LogP contribution in [0.1, 0.15) is 32.0 Å². The van der Waals surface area contributed by atoms with Crippen LogP contribution in [0.2, 0.25) is 0 Å². The van der Waals surface area contributed by atoms with Crippen LogP contribution < -0.4 is 4.90 Å². The van der Waals surface area contributed by atoms with Crippen LogP contribution in [0.5, 0.6) is 0 Å². The van der Waals surface area contributed by atoms with Gasteiger partial charge in [0, 0.05) is 25.1 Å². The first-order chi connectivity index (χ1) is 14.5. The summed E-state index contributed by atoms with van der Waals surface area (Å²) in [6, 6.07) is 19.9. The predicted molar refractivity (Wildman–Crippen MR) is 115 cm³/mol. The van der Waals surface area contributed by atoms with Crippen molar-refractivity contribution in [2.75, 3.05) is 11.9 Å². The molecule has 0 radical (unpaired) electrons. The Bertz CT molecular complexity index is 1210. The number of esters is 1. The normalized spacial score (nSPS) is 10.7. The Morgan fingerprint density at radius 2 is 1.67 bits per heavy atom. The molecule has 0 N–H and O–H groups in total. The van der Waals surface area contributed by atoms with E-state index < -0.39 is 5.97 Å². The van der Waals surface area contributed by atoms with Crippen LogP contribution >= 0.6 is 0 Å². The van der Waals surface area contributed by atoms with Gasteiger partial charge in [0.1, 0.15) is 12.3 Å². The van der Waals surface area contributed by atoms with Crippen LogP contribution in [0.4, 0.5) is 5.69 Å². The molecule has 4 rings (SSSR count). The van der Waals surface area contributed by atoms with Crippen molar-refractivity contribution >= 4 is 23.2 Å². The number of para-hydroxylation sites is 1.